The predicted molar refractivity (Wildman–Crippen MR) is 67.2 cm³/mol. The molecular formula is C13H8N2O3. The fraction of sp³-hybridized carbons (Fsp3) is 0. The molecule has 0 aliphatic heterocycles. The van der Waals surface area contributed by atoms with E-state index >= 15 is 0 Å². The molecule has 0 fully saturated rings. The van der Waals surface area contributed by atoms with E-state index in [9.17, 15) is 4.79 Å². The van der Waals surface area contributed by atoms with E-state index in [0.29, 0.717) is 27.6 Å². The topological polar surface area (TPSA) is 75.7 Å². The third-order valence-corrected chi connectivity index (χ3v) is 2.68. The SMILES string of the molecule is O=c1c2cc(/C=N/O)ccc2oc2ncccc12. The highest BCUT2D eigenvalue weighted by Crippen LogP contribution is 2.17. The highest BCUT2D eigenvalue weighted by atomic mass is 16.4. The summed E-state index contributed by atoms with van der Waals surface area (Å²) >= 11 is 0. The molecule has 2 aromatic heterocycles. The highest BCUT2D eigenvalue weighted by molar-refractivity contribution is 5.92. The maximum Gasteiger partial charge on any atom is 0.230 e. The van der Waals surface area contributed by atoms with Crippen molar-refractivity contribution in [3.05, 3.63) is 52.3 Å². The Labute approximate surface area is 101 Å². The van der Waals surface area contributed by atoms with Gasteiger partial charge in [-0.3, -0.25) is 4.79 Å². The summed E-state index contributed by atoms with van der Waals surface area (Å²) in [4.78, 5) is 16.3. The molecule has 0 radical (unpaired) electrons. The Bertz CT molecular complexity index is 821. The van der Waals surface area contributed by atoms with E-state index in [-0.39, 0.29) is 5.43 Å². The standard InChI is InChI=1S/C13H8N2O3/c16-12-9-2-1-5-14-13(9)18-11-4-3-8(7-15-17)6-10(11)12/h1-7,17H/b15-7+. The molecule has 0 spiro atoms. The minimum Gasteiger partial charge on any atom is -0.437 e. The van der Waals surface area contributed by atoms with Crippen molar-refractivity contribution in [1.29, 1.82) is 0 Å². The van der Waals surface area contributed by atoms with Crippen molar-refractivity contribution < 1.29 is 9.62 Å². The van der Waals surface area contributed by atoms with Gasteiger partial charge in [-0.2, -0.15) is 0 Å². The van der Waals surface area contributed by atoms with Gasteiger partial charge in [-0.25, -0.2) is 4.98 Å². The molecule has 3 rings (SSSR count). The minimum atomic E-state index is -0.146. The number of oxime groups is 1. The summed E-state index contributed by atoms with van der Waals surface area (Å²) in [7, 11) is 0. The van der Waals surface area contributed by atoms with Crippen LogP contribution in [0, 0.1) is 0 Å². The van der Waals surface area contributed by atoms with Crippen molar-refractivity contribution in [1.82, 2.24) is 4.98 Å². The first-order chi connectivity index (χ1) is 8.79. The molecule has 0 aliphatic rings. The molecule has 2 heterocycles. The first-order valence-electron chi connectivity index (χ1n) is 5.28. The van der Waals surface area contributed by atoms with Gasteiger partial charge in [-0.15, -0.1) is 0 Å². The normalized spacial score (nSPS) is 11.6. The lowest BCUT2D eigenvalue weighted by Gasteiger charge is -2.00. The number of benzene rings is 1. The molecule has 5 heteroatoms. The second kappa shape index (κ2) is 3.96. The van der Waals surface area contributed by atoms with Crippen molar-refractivity contribution in [2.24, 2.45) is 5.16 Å². The first-order valence-corrected chi connectivity index (χ1v) is 5.28. The quantitative estimate of drug-likeness (QED) is 0.306. The molecule has 0 aliphatic carbocycles. The Morgan fingerprint density at radius 2 is 2.17 bits per heavy atom. The van der Waals surface area contributed by atoms with E-state index in [2.05, 4.69) is 10.1 Å². The highest BCUT2D eigenvalue weighted by Gasteiger charge is 2.08. The van der Waals surface area contributed by atoms with E-state index in [0.717, 1.165) is 0 Å². The lowest BCUT2D eigenvalue weighted by atomic mass is 10.1. The van der Waals surface area contributed by atoms with Gasteiger partial charge in [0.1, 0.15) is 5.58 Å². The molecule has 1 aromatic carbocycles. The zero-order valence-electron chi connectivity index (χ0n) is 9.20. The van der Waals surface area contributed by atoms with Crippen LogP contribution >= 0.6 is 0 Å². The number of rotatable bonds is 1. The molecule has 0 atom stereocenters. The fourth-order valence-electron chi connectivity index (χ4n) is 1.86. The van der Waals surface area contributed by atoms with Crippen molar-refractivity contribution in [3.63, 3.8) is 0 Å². The Morgan fingerprint density at radius 1 is 1.28 bits per heavy atom. The van der Waals surface area contributed by atoms with Crippen LogP contribution in [0.3, 0.4) is 0 Å². The summed E-state index contributed by atoms with van der Waals surface area (Å²) in [6, 6.07) is 8.32. The van der Waals surface area contributed by atoms with Crippen molar-refractivity contribution in [2.75, 3.05) is 0 Å². The Kier molecular flexibility index (Phi) is 2.30. The minimum absolute atomic E-state index is 0.146. The van der Waals surface area contributed by atoms with Gasteiger partial charge < -0.3 is 9.62 Å². The van der Waals surface area contributed by atoms with E-state index in [1.165, 1.54) is 6.21 Å². The van der Waals surface area contributed by atoms with Gasteiger partial charge in [0.2, 0.25) is 11.1 Å². The number of pyridine rings is 1. The molecule has 1 N–H and O–H groups in total. The summed E-state index contributed by atoms with van der Waals surface area (Å²) < 4.78 is 5.54. The molecule has 5 nitrogen and oxygen atoms in total. The predicted octanol–water partition coefficient (Wildman–Crippen LogP) is 2.15. The monoisotopic (exact) mass is 240 g/mol. The van der Waals surface area contributed by atoms with Crippen LogP contribution in [-0.4, -0.2) is 16.4 Å². The van der Waals surface area contributed by atoms with Crippen LogP contribution in [0.2, 0.25) is 0 Å². The average Bonchev–Trinajstić information content (AvgIpc) is 2.40. The Hall–Kier alpha value is -2.69. The van der Waals surface area contributed by atoms with E-state index in [4.69, 9.17) is 9.62 Å². The molecule has 18 heavy (non-hydrogen) atoms. The lowest BCUT2D eigenvalue weighted by Crippen LogP contribution is -2.03. The zero-order valence-corrected chi connectivity index (χ0v) is 9.20. The second-order valence-corrected chi connectivity index (χ2v) is 3.79. The molecule has 3 aromatic rings. The van der Waals surface area contributed by atoms with Gasteiger partial charge in [-0.1, -0.05) is 5.16 Å². The number of nitrogens with zero attached hydrogens (tertiary/aromatic N) is 2. The number of hydrogen-bond donors (Lipinski definition) is 1. The van der Waals surface area contributed by atoms with Gasteiger partial charge >= 0.3 is 0 Å². The van der Waals surface area contributed by atoms with Crippen molar-refractivity contribution in [3.8, 4) is 0 Å². The van der Waals surface area contributed by atoms with Crippen molar-refractivity contribution >= 4 is 28.3 Å². The number of aromatic nitrogens is 1. The number of fused-ring (bicyclic) bond motifs is 2. The summed E-state index contributed by atoms with van der Waals surface area (Å²) in [5, 5.41) is 12.3. The lowest BCUT2D eigenvalue weighted by molar-refractivity contribution is 0.322. The van der Waals surface area contributed by atoms with Crippen LogP contribution in [0.15, 0.2) is 50.9 Å². The summed E-state index contributed by atoms with van der Waals surface area (Å²) in [5.74, 6) is 0. The fourth-order valence-corrected chi connectivity index (χ4v) is 1.86. The van der Waals surface area contributed by atoms with E-state index < -0.39 is 0 Å². The van der Waals surface area contributed by atoms with Gasteiger partial charge in [0, 0.05) is 6.20 Å². The molecular weight excluding hydrogens is 232 g/mol. The summed E-state index contributed by atoms with van der Waals surface area (Å²) in [6.07, 6.45) is 2.83. The molecule has 0 bridgehead atoms. The Balaban J connectivity index is 2.45. The van der Waals surface area contributed by atoms with Crippen LogP contribution in [0.5, 0.6) is 0 Å². The molecule has 0 unspecified atom stereocenters. The van der Waals surface area contributed by atoms with Crippen LogP contribution in [0.25, 0.3) is 22.1 Å². The van der Waals surface area contributed by atoms with Gasteiger partial charge in [-0.05, 0) is 35.9 Å². The van der Waals surface area contributed by atoms with Crippen molar-refractivity contribution in [2.45, 2.75) is 0 Å². The zero-order chi connectivity index (χ0) is 12.5. The first kappa shape index (κ1) is 10.5. The van der Waals surface area contributed by atoms with Gasteiger partial charge in [0.15, 0.2) is 0 Å². The largest absolute Gasteiger partial charge is 0.437 e. The van der Waals surface area contributed by atoms with E-state index in [1.807, 2.05) is 0 Å². The molecule has 0 saturated carbocycles. The van der Waals surface area contributed by atoms with Crippen LogP contribution < -0.4 is 5.43 Å². The number of hydrogen-bond acceptors (Lipinski definition) is 5. The average molecular weight is 240 g/mol. The van der Waals surface area contributed by atoms with Gasteiger partial charge in [0.05, 0.1) is 17.0 Å². The third kappa shape index (κ3) is 1.53. The smallest absolute Gasteiger partial charge is 0.230 e. The van der Waals surface area contributed by atoms with Crippen LogP contribution in [-0.2, 0) is 0 Å². The maximum atomic E-state index is 12.2. The van der Waals surface area contributed by atoms with Gasteiger partial charge in [0.25, 0.3) is 0 Å². The van der Waals surface area contributed by atoms with Crippen LogP contribution in [0.1, 0.15) is 5.56 Å². The second-order valence-electron chi connectivity index (χ2n) is 3.79. The van der Waals surface area contributed by atoms with E-state index in [1.54, 1.807) is 36.5 Å². The maximum absolute atomic E-state index is 12.2. The summed E-state index contributed by atoms with van der Waals surface area (Å²) in [6.45, 7) is 0. The molecule has 0 saturated heterocycles. The Morgan fingerprint density at radius 3 is 3.00 bits per heavy atom. The summed E-state index contributed by atoms with van der Waals surface area (Å²) in [5.41, 5.74) is 1.26. The molecule has 0 amide bonds. The molecule has 88 valence electrons. The third-order valence-electron chi connectivity index (χ3n) is 2.68. The van der Waals surface area contributed by atoms with Crippen LogP contribution in [0.4, 0.5) is 0 Å².